The molecular weight excluding hydrogens is 488 g/mol. The number of carboxylic acid groups (broad SMARTS) is 1. The Hall–Kier alpha value is -2.19. The summed E-state index contributed by atoms with van der Waals surface area (Å²) in [6, 6.07) is 3.89. The molecule has 9 heteroatoms. The van der Waals surface area contributed by atoms with Crippen LogP contribution in [-0.2, 0) is 9.59 Å². The monoisotopic (exact) mass is 520 g/mol. The molecule has 190 valence electrons. The molecule has 0 atom stereocenters. The summed E-state index contributed by atoms with van der Waals surface area (Å²) in [7, 11) is 0. The van der Waals surface area contributed by atoms with Crippen molar-refractivity contribution in [2.75, 3.05) is 13.2 Å². The molecule has 3 fully saturated rings. The summed E-state index contributed by atoms with van der Waals surface area (Å²) in [5, 5.41) is 10.0. The summed E-state index contributed by atoms with van der Waals surface area (Å²) in [5.74, 6) is -0.567. The lowest BCUT2D eigenvalue weighted by molar-refractivity contribution is -0.139. The standard InChI is InChI=1S/C26H33ClN2O5S/c1-2-33-21-14-17(13-20(27)24(21)34-16-23(30)31)15-22-25(32)29(19-11-7-4-8-12-19)26(35-22)28-18-9-5-3-6-10-18/h13-15,18-19H,2-12,16H2,1H3,(H,30,31). The van der Waals surface area contributed by atoms with Crippen LogP contribution in [0.2, 0.25) is 5.02 Å². The van der Waals surface area contributed by atoms with Crippen molar-refractivity contribution in [2.45, 2.75) is 83.2 Å². The van der Waals surface area contributed by atoms with E-state index in [1.165, 1.54) is 37.4 Å². The Kier molecular flexibility index (Phi) is 9.00. The molecule has 0 spiro atoms. The highest BCUT2D eigenvalue weighted by Gasteiger charge is 2.39. The third kappa shape index (κ3) is 6.53. The lowest BCUT2D eigenvalue weighted by Gasteiger charge is -2.31. The van der Waals surface area contributed by atoms with Crippen LogP contribution in [0.5, 0.6) is 11.5 Å². The first-order chi connectivity index (χ1) is 17.0. The minimum Gasteiger partial charge on any atom is -0.490 e. The van der Waals surface area contributed by atoms with E-state index in [-0.39, 0.29) is 28.8 Å². The van der Waals surface area contributed by atoms with Crippen molar-refractivity contribution >= 4 is 46.5 Å². The third-order valence-electron chi connectivity index (χ3n) is 6.61. The zero-order valence-corrected chi connectivity index (χ0v) is 21.7. The largest absolute Gasteiger partial charge is 0.490 e. The van der Waals surface area contributed by atoms with Crippen LogP contribution in [0.25, 0.3) is 6.08 Å². The van der Waals surface area contributed by atoms with E-state index in [9.17, 15) is 9.59 Å². The number of amidine groups is 1. The number of ether oxygens (including phenoxy) is 2. The van der Waals surface area contributed by atoms with E-state index >= 15 is 0 Å². The van der Waals surface area contributed by atoms with Crippen LogP contribution in [0, 0.1) is 0 Å². The topological polar surface area (TPSA) is 88.4 Å². The van der Waals surface area contributed by atoms with Gasteiger partial charge in [-0.1, -0.05) is 50.1 Å². The quantitative estimate of drug-likeness (QED) is 0.414. The molecule has 1 saturated heterocycles. The molecule has 1 aliphatic heterocycles. The summed E-state index contributed by atoms with van der Waals surface area (Å²) in [6.45, 7) is 1.67. The second-order valence-electron chi connectivity index (χ2n) is 9.23. The molecule has 0 bridgehead atoms. The molecule has 0 radical (unpaired) electrons. The fraction of sp³-hybridized carbons (Fsp3) is 0.577. The van der Waals surface area contributed by atoms with Gasteiger partial charge in [0.15, 0.2) is 23.3 Å². The lowest BCUT2D eigenvalue weighted by atomic mass is 9.94. The molecule has 0 unspecified atom stereocenters. The molecule has 35 heavy (non-hydrogen) atoms. The fourth-order valence-electron chi connectivity index (χ4n) is 4.96. The fourth-order valence-corrected chi connectivity index (χ4v) is 6.35. The smallest absolute Gasteiger partial charge is 0.341 e. The van der Waals surface area contributed by atoms with Gasteiger partial charge in [-0.2, -0.15) is 0 Å². The number of aliphatic carboxylic acids is 1. The number of carbonyl (C=O) groups excluding carboxylic acids is 1. The highest BCUT2D eigenvalue weighted by atomic mass is 35.5. The first-order valence-electron chi connectivity index (χ1n) is 12.6. The number of aliphatic imine (C=N–C) groups is 1. The SMILES string of the molecule is CCOc1cc(C=C2SC(=NC3CCCCC3)N(C3CCCCC3)C2=O)cc(Cl)c1OCC(=O)O. The number of carboxylic acids is 1. The Morgan fingerprint density at radius 3 is 2.49 bits per heavy atom. The Balaban J connectivity index is 1.64. The molecule has 2 aliphatic carbocycles. The molecule has 1 heterocycles. The van der Waals surface area contributed by atoms with Gasteiger partial charge in [-0.3, -0.25) is 14.7 Å². The van der Waals surface area contributed by atoms with Crippen LogP contribution < -0.4 is 9.47 Å². The van der Waals surface area contributed by atoms with Crippen molar-refractivity contribution in [2.24, 2.45) is 4.99 Å². The highest BCUT2D eigenvalue weighted by Crippen LogP contribution is 2.41. The van der Waals surface area contributed by atoms with Gasteiger partial charge in [0.2, 0.25) is 0 Å². The number of hydrogen-bond acceptors (Lipinski definition) is 6. The van der Waals surface area contributed by atoms with E-state index in [0.717, 1.165) is 43.7 Å². The van der Waals surface area contributed by atoms with Crippen LogP contribution >= 0.6 is 23.4 Å². The van der Waals surface area contributed by atoms with Crippen LogP contribution in [0.1, 0.15) is 76.7 Å². The molecular formula is C26H33ClN2O5S. The average Bonchev–Trinajstić information content (AvgIpc) is 3.14. The molecule has 1 aromatic carbocycles. The first kappa shape index (κ1) is 25.9. The lowest BCUT2D eigenvalue weighted by Crippen LogP contribution is -2.41. The van der Waals surface area contributed by atoms with Gasteiger partial charge in [0.25, 0.3) is 5.91 Å². The van der Waals surface area contributed by atoms with E-state index in [1.54, 1.807) is 12.1 Å². The summed E-state index contributed by atoms with van der Waals surface area (Å²) >= 11 is 7.88. The van der Waals surface area contributed by atoms with Crippen molar-refractivity contribution in [3.63, 3.8) is 0 Å². The highest BCUT2D eigenvalue weighted by molar-refractivity contribution is 8.18. The van der Waals surface area contributed by atoms with Gasteiger partial charge >= 0.3 is 5.97 Å². The number of carbonyl (C=O) groups is 2. The van der Waals surface area contributed by atoms with Gasteiger partial charge in [-0.25, -0.2) is 4.79 Å². The van der Waals surface area contributed by atoms with E-state index in [4.69, 9.17) is 31.2 Å². The number of thioether (sulfide) groups is 1. The average molecular weight is 521 g/mol. The Morgan fingerprint density at radius 1 is 1.14 bits per heavy atom. The summed E-state index contributed by atoms with van der Waals surface area (Å²) in [6.07, 6.45) is 13.2. The van der Waals surface area contributed by atoms with Crippen molar-refractivity contribution in [1.82, 2.24) is 4.90 Å². The molecule has 4 rings (SSSR count). The summed E-state index contributed by atoms with van der Waals surface area (Å²) in [5.41, 5.74) is 0.694. The number of hydrogen-bond donors (Lipinski definition) is 1. The second-order valence-corrected chi connectivity index (χ2v) is 10.6. The third-order valence-corrected chi connectivity index (χ3v) is 7.89. The van der Waals surface area contributed by atoms with E-state index in [0.29, 0.717) is 22.8 Å². The summed E-state index contributed by atoms with van der Waals surface area (Å²) in [4.78, 5) is 32.2. The molecule has 0 aromatic heterocycles. The zero-order chi connectivity index (χ0) is 24.8. The van der Waals surface area contributed by atoms with Crippen molar-refractivity contribution in [3.8, 4) is 11.5 Å². The molecule has 1 aromatic rings. The minimum atomic E-state index is -1.10. The van der Waals surface area contributed by atoms with Crippen LogP contribution in [0.15, 0.2) is 22.0 Å². The van der Waals surface area contributed by atoms with Gasteiger partial charge < -0.3 is 14.6 Å². The maximum Gasteiger partial charge on any atom is 0.341 e. The molecule has 1 N–H and O–H groups in total. The van der Waals surface area contributed by atoms with Crippen LogP contribution in [-0.4, -0.2) is 52.3 Å². The molecule has 2 saturated carbocycles. The van der Waals surface area contributed by atoms with E-state index in [2.05, 4.69) is 0 Å². The molecule has 1 amide bonds. The van der Waals surface area contributed by atoms with E-state index in [1.807, 2.05) is 17.9 Å². The van der Waals surface area contributed by atoms with Crippen molar-refractivity contribution in [3.05, 3.63) is 27.6 Å². The minimum absolute atomic E-state index is 0.00301. The number of rotatable bonds is 8. The van der Waals surface area contributed by atoms with E-state index < -0.39 is 12.6 Å². The van der Waals surface area contributed by atoms with Gasteiger partial charge in [0.1, 0.15) is 0 Å². The Bertz CT molecular complexity index is 1000. The van der Waals surface area contributed by atoms with Crippen LogP contribution in [0.4, 0.5) is 0 Å². The second kappa shape index (κ2) is 12.2. The van der Waals surface area contributed by atoms with Gasteiger partial charge in [0.05, 0.1) is 22.6 Å². The zero-order valence-electron chi connectivity index (χ0n) is 20.1. The Labute approximate surface area is 215 Å². The Morgan fingerprint density at radius 2 is 1.83 bits per heavy atom. The van der Waals surface area contributed by atoms with Gasteiger partial charge in [-0.15, -0.1) is 0 Å². The summed E-state index contributed by atoms with van der Waals surface area (Å²) < 4.78 is 11.0. The maximum absolute atomic E-state index is 13.6. The van der Waals surface area contributed by atoms with Crippen molar-refractivity contribution in [1.29, 1.82) is 0 Å². The normalized spacial score (nSPS) is 22.2. The molecule has 3 aliphatic rings. The molecule has 7 nitrogen and oxygen atoms in total. The number of halogens is 1. The predicted octanol–water partition coefficient (Wildman–Crippen LogP) is 6.14. The van der Waals surface area contributed by atoms with Gasteiger partial charge in [0, 0.05) is 6.04 Å². The first-order valence-corrected chi connectivity index (χ1v) is 13.8. The maximum atomic E-state index is 13.6. The number of amides is 1. The number of benzene rings is 1. The van der Waals surface area contributed by atoms with Crippen molar-refractivity contribution < 1.29 is 24.2 Å². The van der Waals surface area contributed by atoms with Gasteiger partial charge in [-0.05, 0) is 68.1 Å². The number of nitrogens with zero attached hydrogens (tertiary/aromatic N) is 2. The predicted molar refractivity (Wildman–Crippen MR) is 139 cm³/mol. The van der Waals surface area contributed by atoms with Crippen LogP contribution in [0.3, 0.4) is 0 Å².